The normalized spacial score (nSPS) is 15.5. The maximum atomic E-state index is 12.7. The van der Waals surface area contributed by atoms with E-state index in [9.17, 15) is 4.79 Å². The third kappa shape index (κ3) is 2.88. The molecule has 1 heterocycles. The third-order valence-electron chi connectivity index (χ3n) is 3.91. The maximum absolute atomic E-state index is 12.7. The molecule has 0 saturated heterocycles. The number of nitrogens with one attached hydrogen (secondary N) is 1. The molecule has 19 heavy (non-hydrogen) atoms. The first kappa shape index (κ1) is 13.8. The lowest BCUT2D eigenvalue weighted by Gasteiger charge is -2.28. The van der Waals surface area contributed by atoms with Gasteiger partial charge in [-0.15, -0.1) is 0 Å². The molecule has 4 heteroatoms. The Bertz CT molecular complexity index is 453. The van der Waals surface area contributed by atoms with Crippen molar-refractivity contribution in [3.8, 4) is 0 Å². The summed E-state index contributed by atoms with van der Waals surface area (Å²) in [7, 11) is 1.84. The topological polar surface area (TPSA) is 45.2 Å². The number of rotatable bonds is 4. The van der Waals surface area contributed by atoms with Crippen molar-refractivity contribution in [2.24, 2.45) is 0 Å². The van der Waals surface area contributed by atoms with Crippen molar-refractivity contribution in [3.05, 3.63) is 23.5 Å². The van der Waals surface area contributed by atoms with Gasteiger partial charge in [0.1, 0.15) is 0 Å². The summed E-state index contributed by atoms with van der Waals surface area (Å²) in [5.41, 5.74) is 2.47. The highest BCUT2D eigenvalue weighted by Crippen LogP contribution is 2.26. The quantitative estimate of drug-likeness (QED) is 0.906. The van der Waals surface area contributed by atoms with Crippen LogP contribution in [-0.4, -0.2) is 35.4 Å². The number of carbonyl (C=O) groups is 1. The first-order valence-corrected chi connectivity index (χ1v) is 7.12. The van der Waals surface area contributed by atoms with Gasteiger partial charge in [0, 0.05) is 31.5 Å². The molecule has 0 spiro atoms. The van der Waals surface area contributed by atoms with Gasteiger partial charge in [-0.1, -0.05) is 12.8 Å². The fraction of sp³-hybridized carbons (Fsp3) is 0.600. The van der Waals surface area contributed by atoms with E-state index in [1.54, 1.807) is 6.20 Å². The summed E-state index contributed by atoms with van der Waals surface area (Å²) < 4.78 is 0. The minimum atomic E-state index is 0.103. The molecule has 104 valence electrons. The van der Waals surface area contributed by atoms with Crippen molar-refractivity contribution in [1.29, 1.82) is 0 Å². The van der Waals surface area contributed by atoms with Crippen LogP contribution in [0.15, 0.2) is 12.3 Å². The summed E-state index contributed by atoms with van der Waals surface area (Å²) in [6.07, 6.45) is 6.43. The highest BCUT2D eigenvalue weighted by atomic mass is 16.2. The summed E-state index contributed by atoms with van der Waals surface area (Å²) in [4.78, 5) is 19.0. The van der Waals surface area contributed by atoms with E-state index in [1.165, 1.54) is 12.8 Å². The lowest BCUT2D eigenvalue weighted by atomic mass is 10.1. The van der Waals surface area contributed by atoms with Gasteiger partial charge in [-0.3, -0.25) is 9.78 Å². The van der Waals surface area contributed by atoms with Crippen molar-refractivity contribution >= 4 is 11.6 Å². The molecule has 0 aliphatic heterocycles. The van der Waals surface area contributed by atoms with Crippen LogP contribution in [0.1, 0.15) is 48.7 Å². The second-order valence-corrected chi connectivity index (χ2v) is 5.15. The highest BCUT2D eigenvalue weighted by Gasteiger charge is 2.27. The summed E-state index contributed by atoms with van der Waals surface area (Å²) >= 11 is 0. The molecule has 0 unspecified atom stereocenters. The molecule has 1 saturated carbocycles. The summed E-state index contributed by atoms with van der Waals surface area (Å²) in [5, 5.41) is 3.10. The minimum absolute atomic E-state index is 0.103. The van der Waals surface area contributed by atoms with Gasteiger partial charge in [-0.05, 0) is 32.8 Å². The monoisotopic (exact) mass is 261 g/mol. The Morgan fingerprint density at radius 3 is 2.74 bits per heavy atom. The minimum Gasteiger partial charge on any atom is -0.387 e. The average Bonchev–Trinajstić information content (AvgIpc) is 2.93. The maximum Gasteiger partial charge on any atom is 0.257 e. The van der Waals surface area contributed by atoms with Gasteiger partial charge in [0.15, 0.2) is 0 Å². The Morgan fingerprint density at radius 2 is 2.16 bits per heavy atom. The number of anilines is 1. The molecule has 4 nitrogen and oxygen atoms in total. The van der Waals surface area contributed by atoms with Gasteiger partial charge in [-0.25, -0.2) is 0 Å². The average molecular weight is 261 g/mol. The number of aryl methyl sites for hydroxylation is 1. The Morgan fingerprint density at radius 1 is 1.47 bits per heavy atom. The number of aromatic nitrogens is 1. The van der Waals surface area contributed by atoms with E-state index in [4.69, 9.17) is 0 Å². The van der Waals surface area contributed by atoms with E-state index in [2.05, 4.69) is 17.2 Å². The predicted molar refractivity (Wildman–Crippen MR) is 77.5 cm³/mol. The standard InChI is InChI=1S/C15H23N3O/c1-4-18(12-7-5-6-8-12)15(19)13-10-17-11(2)9-14(13)16-3/h9-10,12H,4-8H2,1-3H3,(H,16,17). The Labute approximate surface area is 115 Å². The number of pyridine rings is 1. The zero-order valence-electron chi connectivity index (χ0n) is 12.1. The number of hydrogen-bond donors (Lipinski definition) is 1. The fourth-order valence-corrected chi connectivity index (χ4v) is 2.88. The molecule has 2 rings (SSSR count). The predicted octanol–water partition coefficient (Wildman–Crippen LogP) is 2.84. The first-order chi connectivity index (χ1) is 9.17. The van der Waals surface area contributed by atoms with Crippen LogP contribution >= 0.6 is 0 Å². The second-order valence-electron chi connectivity index (χ2n) is 5.15. The van der Waals surface area contributed by atoms with E-state index in [-0.39, 0.29) is 5.91 Å². The van der Waals surface area contributed by atoms with Crippen molar-refractivity contribution in [2.45, 2.75) is 45.6 Å². The van der Waals surface area contributed by atoms with Crippen LogP contribution in [0.3, 0.4) is 0 Å². The van der Waals surface area contributed by atoms with Crippen molar-refractivity contribution < 1.29 is 4.79 Å². The van der Waals surface area contributed by atoms with E-state index in [0.29, 0.717) is 11.6 Å². The van der Waals surface area contributed by atoms with E-state index < -0.39 is 0 Å². The highest BCUT2D eigenvalue weighted by molar-refractivity contribution is 5.99. The molecule has 1 aromatic heterocycles. The van der Waals surface area contributed by atoms with Gasteiger partial charge >= 0.3 is 0 Å². The third-order valence-corrected chi connectivity index (χ3v) is 3.91. The summed E-state index contributed by atoms with van der Waals surface area (Å²) in [5.74, 6) is 0.103. The number of hydrogen-bond acceptors (Lipinski definition) is 3. The first-order valence-electron chi connectivity index (χ1n) is 7.12. The zero-order chi connectivity index (χ0) is 13.8. The van der Waals surface area contributed by atoms with Crippen molar-refractivity contribution in [3.63, 3.8) is 0 Å². The molecule has 1 aliphatic rings. The van der Waals surface area contributed by atoms with Gasteiger partial charge in [-0.2, -0.15) is 0 Å². The van der Waals surface area contributed by atoms with Crippen LogP contribution < -0.4 is 5.32 Å². The lowest BCUT2D eigenvalue weighted by Crippen LogP contribution is -2.39. The molecule has 1 fully saturated rings. The van der Waals surface area contributed by atoms with Crippen LogP contribution in [0.25, 0.3) is 0 Å². The Balaban J connectivity index is 2.26. The Hall–Kier alpha value is -1.58. The summed E-state index contributed by atoms with van der Waals surface area (Å²) in [6, 6.07) is 2.33. The molecule has 0 aromatic carbocycles. The SMILES string of the molecule is CCN(C(=O)c1cnc(C)cc1NC)C1CCCC1. The van der Waals surface area contributed by atoms with Gasteiger partial charge in [0.25, 0.3) is 5.91 Å². The molecule has 0 atom stereocenters. The molecular weight excluding hydrogens is 238 g/mol. The number of amides is 1. The van der Waals surface area contributed by atoms with E-state index in [0.717, 1.165) is 30.8 Å². The molecular formula is C15H23N3O. The van der Waals surface area contributed by atoms with Crippen LogP contribution in [-0.2, 0) is 0 Å². The van der Waals surface area contributed by atoms with E-state index >= 15 is 0 Å². The van der Waals surface area contributed by atoms with Gasteiger partial charge in [0.05, 0.1) is 11.3 Å². The molecule has 1 aliphatic carbocycles. The second kappa shape index (κ2) is 6.04. The van der Waals surface area contributed by atoms with Crippen LogP contribution in [0, 0.1) is 6.92 Å². The lowest BCUT2D eigenvalue weighted by molar-refractivity contribution is 0.0694. The van der Waals surface area contributed by atoms with Crippen molar-refractivity contribution in [1.82, 2.24) is 9.88 Å². The van der Waals surface area contributed by atoms with E-state index in [1.807, 2.05) is 24.9 Å². The number of carbonyl (C=O) groups excluding carboxylic acids is 1. The molecule has 0 radical (unpaired) electrons. The van der Waals surface area contributed by atoms with Gasteiger partial charge < -0.3 is 10.2 Å². The zero-order valence-corrected chi connectivity index (χ0v) is 12.1. The van der Waals surface area contributed by atoms with Crippen LogP contribution in [0.2, 0.25) is 0 Å². The van der Waals surface area contributed by atoms with Crippen molar-refractivity contribution in [2.75, 3.05) is 18.9 Å². The fourth-order valence-electron chi connectivity index (χ4n) is 2.88. The van der Waals surface area contributed by atoms with Crippen LogP contribution in [0.5, 0.6) is 0 Å². The number of nitrogens with zero attached hydrogens (tertiary/aromatic N) is 2. The summed E-state index contributed by atoms with van der Waals surface area (Å²) in [6.45, 7) is 4.75. The molecule has 1 aromatic rings. The molecule has 0 bridgehead atoms. The largest absolute Gasteiger partial charge is 0.387 e. The molecule has 1 amide bonds. The Kier molecular flexibility index (Phi) is 4.40. The molecule has 1 N–H and O–H groups in total. The smallest absolute Gasteiger partial charge is 0.257 e. The van der Waals surface area contributed by atoms with Gasteiger partial charge in [0.2, 0.25) is 0 Å². The van der Waals surface area contributed by atoms with Crippen LogP contribution in [0.4, 0.5) is 5.69 Å².